The molecular weight excluding hydrogens is 535 g/mol. The summed E-state index contributed by atoms with van der Waals surface area (Å²) in [4.78, 5) is 29.1. The number of H-pyrrole nitrogens is 1. The standard InChI is InChI=1S/C20H20F7N7O4/c1-5-33-16(18(3,4)37)32-34(17(33)36)13-10(21)6-9(15(29-13)38-7-19(22,23)24)14(35)28-11-8(2)30-31-12(11)20(25,26)27/h6,37H,5,7H2,1-4H3,(H,28,35)(H,30,31). The van der Waals surface area contributed by atoms with Gasteiger partial charge >= 0.3 is 18.0 Å². The summed E-state index contributed by atoms with van der Waals surface area (Å²) < 4.78 is 99.2. The molecule has 0 spiro atoms. The van der Waals surface area contributed by atoms with Crippen molar-refractivity contribution in [2.24, 2.45) is 0 Å². The first kappa shape index (κ1) is 28.6. The lowest BCUT2D eigenvalue weighted by Gasteiger charge is -2.16. The average Bonchev–Trinajstić information content (AvgIpc) is 3.31. The Morgan fingerprint density at radius 3 is 2.34 bits per heavy atom. The molecule has 0 aliphatic rings. The van der Waals surface area contributed by atoms with Crippen LogP contribution in [0.4, 0.5) is 36.4 Å². The van der Waals surface area contributed by atoms with Crippen LogP contribution in [0.5, 0.6) is 5.88 Å². The zero-order valence-electron chi connectivity index (χ0n) is 20.0. The minimum Gasteiger partial charge on any atom is -0.467 e. The highest BCUT2D eigenvalue weighted by Gasteiger charge is 2.38. The Balaban J connectivity index is 2.16. The van der Waals surface area contributed by atoms with Crippen molar-refractivity contribution < 1.29 is 45.4 Å². The van der Waals surface area contributed by atoms with Crippen molar-refractivity contribution in [3.8, 4) is 11.7 Å². The van der Waals surface area contributed by atoms with Gasteiger partial charge in [0.1, 0.15) is 11.2 Å². The normalized spacial score (nSPS) is 12.6. The third-order valence-corrected chi connectivity index (χ3v) is 4.94. The van der Waals surface area contributed by atoms with Crippen molar-refractivity contribution in [3.05, 3.63) is 45.1 Å². The molecule has 0 radical (unpaired) electrons. The van der Waals surface area contributed by atoms with E-state index in [-0.39, 0.29) is 18.1 Å². The van der Waals surface area contributed by atoms with E-state index in [0.717, 1.165) is 11.5 Å². The maximum atomic E-state index is 15.1. The first-order chi connectivity index (χ1) is 17.3. The van der Waals surface area contributed by atoms with E-state index < -0.39 is 70.6 Å². The molecule has 0 aliphatic heterocycles. The van der Waals surface area contributed by atoms with Gasteiger partial charge in [0.2, 0.25) is 5.88 Å². The molecule has 18 heteroatoms. The van der Waals surface area contributed by atoms with E-state index in [9.17, 15) is 41.0 Å². The van der Waals surface area contributed by atoms with Crippen LogP contribution < -0.4 is 15.7 Å². The number of nitrogens with one attached hydrogen (secondary N) is 2. The minimum atomic E-state index is -5.00. The van der Waals surface area contributed by atoms with E-state index in [0.29, 0.717) is 10.7 Å². The number of nitrogens with zero attached hydrogens (tertiary/aromatic N) is 5. The topological polar surface area (TPSA) is 140 Å². The lowest BCUT2D eigenvalue weighted by molar-refractivity contribution is -0.154. The summed E-state index contributed by atoms with van der Waals surface area (Å²) in [5, 5.41) is 20.9. The summed E-state index contributed by atoms with van der Waals surface area (Å²) in [5.41, 5.74) is -6.41. The molecule has 11 nitrogen and oxygen atoms in total. The number of anilines is 1. The van der Waals surface area contributed by atoms with Gasteiger partial charge in [-0.05, 0) is 33.8 Å². The van der Waals surface area contributed by atoms with Crippen LogP contribution in [0.15, 0.2) is 10.9 Å². The number of rotatable bonds is 7. The summed E-state index contributed by atoms with van der Waals surface area (Å²) in [6.45, 7) is 3.09. The molecular formula is C20H20F7N7O4. The highest BCUT2D eigenvalue weighted by molar-refractivity contribution is 6.06. The Morgan fingerprint density at radius 2 is 1.84 bits per heavy atom. The number of aryl methyl sites for hydroxylation is 1. The first-order valence-electron chi connectivity index (χ1n) is 10.6. The van der Waals surface area contributed by atoms with Gasteiger partial charge in [-0.25, -0.2) is 9.18 Å². The van der Waals surface area contributed by atoms with Gasteiger partial charge in [-0.3, -0.25) is 14.5 Å². The summed E-state index contributed by atoms with van der Waals surface area (Å²) in [6, 6.07) is 0.327. The lowest BCUT2D eigenvalue weighted by atomic mass is 10.1. The molecule has 0 unspecified atom stereocenters. The Bertz CT molecular complexity index is 1420. The van der Waals surface area contributed by atoms with Gasteiger partial charge in [0, 0.05) is 6.54 Å². The molecule has 1 amide bonds. The van der Waals surface area contributed by atoms with Crippen molar-refractivity contribution >= 4 is 11.6 Å². The monoisotopic (exact) mass is 555 g/mol. The molecule has 0 bridgehead atoms. The number of pyridine rings is 1. The smallest absolute Gasteiger partial charge is 0.434 e. The van der Waals surface area contributed by atoms with Crippen LogP contribution in [0.1, 0.15) is 48.3 Å². The molecule has 208 valence electrons. The van der Waals surface area contributed by atoms with Crippen molar-refractivity contribution in [1.29, 1.82) is 0 Å². The number of halogens is 7. The van der Waals surface area contributed by atoms with Crippen LogP contribution in [0.2, 0.25) is 0 Å². The van der Waals surface area contributed by atoms with Crippen molar-refractivity contribution in [3.63, 3.8) is 0 Å². The van der Waals surface area contributed by atoms with Gasteiger partial charge in [0.15, 0.2) is 29.8 Å². The fourth-order valence-electron chi connectivity index (χ4n) is 3.28. The molecule has 0 aromatic carbocycles. The fraction of sp³-hybridized carbons (Fsp3) is 0.450. The Hall–Kier alpha value is -3.96. The van der Waals surface area contributed by atoms with Crippen LogP contribution in [0.25, 0.3) is 5.82 Å². The summed E-state index contributed by atoms with van der Waals surface area (Å²) in [5.74, 6) is -5.36. The molecule has 0 saturated carbocycles. The summed E-state index contributed by atoms with van der Waals surface area (Å²) in [6.07, 6.45) is -9.95. The number of hydrogen-bond donors (Lipinski definition) is 3. The van der Waals surface area contributed by atoms with Crippen LogP contribution >= 0.6 is 0 Å². The van der Waals surface area contributed by atoms with E-state index >= 15 is 4.39 Å². The number of ether oxygens (including phenoxy) is 1. The Morgan fingerprint density at radius 1 is 1.21 bits per heavy atom. The third-order valence-electron chi connectivity index (χ3n) is 4.94. The van der Waals surface area contributed by atoms with E-state index in [2.05, 4.69) is 19.9 Å². The zero-order chi connectivity index (χ0) is 28.8. The minimum absolute atomic E-state index is 0.0384. The molecule has 38 heavy (non-hydrogen) atoms. The van der Waals surface area contributed by atoms with Crippen molar-refractivity contribution in [2.75, 3.05) is 11.9 Å². The maximum Gasteiger partial charge on any atom is 0.434 e. The summed E-state index contributed by atoms with van der Waals surface area (Å²) >= 11 is 0. The second-order valence-electron chi connectivity index (χ2n) is 8.38. The van der Waals surface area contributed by atoms with E-state index in [1.54, 1.807) is 5.10 Å². The number of carbonyl (C=O) groups is 1. The molecule has 3 rings (SSSR count). The number of aromatic amines is 1. The van der Waals surface area contributed by atoms with Crippen LogP contribution in [0, 0.1) is 12.7 Å². The van der Waals surface area contributed by atoms with Crippen LogP contribution in [0.3, 0.4) is 0 Å². The predicted octanol–water partition coefficient (Wildman–Crippen LogP) is 3.06. The van der Waals surface area contributed by atoms with Gasteiger partial charge < -0.3 is 15.2 Å². The molecule has 0 atom stereocenters. The first-order valence-corrected chi connectivity index (χ1v) is 10.6. The number of aliphatic hydroxyl groups is 1. The molecule has 3 aromatic heterocycles. The van der Waals surface area contributed by atoms with Crippen molar-refractivity contribution in [2.45, 2.75) is 52.2 Å². The average molecular weight is 555 g/mol. The van der Waals surface area contributed by atoms with Gasteiger partial charge in [-0.2, -0.15) is 41.1 Å². The van der Waals surface area contributed by atoms with E-state index in [1.807, 2.05) is 5.32 Å². The number of hydrogen-bond acceptors (Lipinski definition) is 7. The van der Waals surface area contributed by atoms with Crippen LogP contribution in [-0.4, -0.2) is 53.3 Å². The summed E-state index contributed by atoms with van der Waals surface area (Å²) in [7, 11) is 0. The quantitative estimate of drug-likeness (QED) is 0.381. The second kappa shape index (κ2) is 9.73. The number of carbonyl (C=O) groups excluding carboxylic acids is 1. The van der Waals surface area contributed by atoms with Gasteiger partial charge in [-0.1, -0.05) is 0 Å². The van der Waals surface area contributed by atoms with Gasteiger partial charge in [0.05, 0.1) is 11.4 Å². The van der Waals surface area contributed by atoms with Gasteiger partial charge in [0.25, 0.3) is 5.91 Å². The Kier molecular flexibility index (Phi) is 7.33. The molecule has 3 heterocycles. The Labute approximate surface area is 208 Å². The van der Waals surface area contributed by atoms with Crippen molar-refractivity contribution in [1.82, 2.24) is 29.5 Å². The van der Waals surface area contributed by atoms with Gasteiger partial charge in [-0.15, -0.1) is 5.10 Å². The molecule has 0 aliphatic carbocycles. The van der Waals surface area contributed by atoms with Crippen LogP contribution in [-0.2, 0) is 18.3 Å². The molecule has 0 fully saturated rings. The largest absolute Gasteiger partial charge is 0.467 e. The highest BCUT2D eigenvalue weighted by atomic mass is 19.4. The SMILES string of the molecule is CCn1c(C(C)(C)O)nn(-c2nc(OCC(F)(F)F)c(C(=O)Nc3c(C)n[nH]c3C(F)(F)F)cc2F)c1=O. The molecule has 3 N–H and O–H groups in total. The molecule has 3 aromatic rings. The number of alkyl halides is 6. The second-order valence-corrected chi connectivity index (χ2v) is 8.38. The third kappa shape index (κ3) is 5.79. The highest BCUT2D eigenvalue weighted by Crippen LogP contribution is 2.35. The zero-order valence-corrected chi connectivity index (χ0v) is 20.0. The fourth-order valence-corrected chi connectivity index (χ4v) is 3.28. The van der Waals surface area contributed by atoms with E-state index in [4.69, 9.17) is 0 Å². The number of amides is 1. The molecule has 0 saturated heterocycles. The lowest BCUT2D eigenvalue weighted by Crippen LogP contribution is -2.28. The van der Waals surface area contributed by atoms with E-state index in [1.165, 1.54) is 20.8 Å². The predicted molar refractivity (Wildman–Crippen MR) is 114 cm³/mol. The maximum absolute atomic E-state index is 15.1. The number of aromatic nitrogens is 6.